The first-order chi connectivity index (χ1) is 17.7. The highest BCUT2D eigenvalue weighted by Crippen LogP contribution is 2.38. The minimum absolute atomic E-state index is 0.0228. The summed E-state index contributed by atoms with van der Waals surface area (Å²) in [5.41, 5.74) is 0.0843. The lowest BCUT2D eigenvalue weighted by atomic mass is 9.78. The number of carbonyl (C=O) groups is 1. The molecule has 196 valence electrons. The third kappa shape index (κ3) is 6.34. The molecule has 3 aromatic carbocycles. The fourth-order valence-corrected chi connectivity index (χ4v) is 6.39. The van der Waals surface area contributed by atoms with Crippen LogP contribution in [-0.4, -0.2) is 50.3 Å². The average Bonchev–Trinajstić information content (AvgIpc) is 2.88. The summed E-state index contributed by atoms with van der Waals surface area (Å²) in [5.74, 6) is -1.87. The van der Waals surface area contributed by atoms with Gasteiger partial charge in [0.05, 0.1) is 6.61 Å². The van der Waals surface area contributed by atoms with E-state index in [1.807, 2.05) is 48.5 Å². The number of hydrogen-bond donors (Lipinski definition) is 0. The van der Waals surface area contributed by atoms with Gasteiger partial charge in [0.15, 0.2) is 4.90 Å². The summed E-state index contributed by atoms with van der Waals surface area (Å²) in [7, 11) is -2.78. The van der Waals surface area contributed by atoms with E-state index in [0.29, 0.717) is 25.1 Å². The maximum atomic E-state index is 14.5. The van der Waals surface area contributed by atoms with Crippen molar-refractivity contribution in [3.8, 4) is 5.75 Å². The molecule has 1 amide bonds. The molecular weight excluding hydrogens is 498 g/mol. The van der Waals surface area contributed by atoms with Gasteiger partial charge in [-0.2, -0.15) is 4.31 Å². The smallest absolute Gasteiger partial charge is 0.248 e. The van der Waals surface area contributed by atoms with Crippen LogP contribution in [0.3, 0.4) is 0 Å². The molecule has 9 heteroatoms. The number of nitrogens with zero attached hydrogens (tertiary/aromatic N) is 2. The number of rotatable bonds is 9. The van der Waals surface area contributed by atoms with Crippen molar-refractivity contribution in [2.45, 2.75) is 30.7 Å². The van der Waals surface area contributed by atoms with E-state index in [1.54, 1.807) is 24.1 Å². The number of carbonyl (C=O) groups excluding carboxylic acids is 1. The summed E-state index contributed by atoms with van der Waals surface area (Å²) in [6.07, 6.45) is 0.967. The van der Waals surface area contributed by atoms with Crippen LogP contribution in [0.25, 0.3) is 0 Å². The number of para-hydroxylation sites is 1. The van der Waals surface area contributed by atoms with Crippen molar-refractivity contribution in [1.82, 2.24) is 9.21 Å². The third-order valence-electron chi connectivity index (χ3n) is 6.65. The van der Waals surface area contributed by atoms with E-state index in [1.165, 1.54) is 0 Å². The van der Waals surface area contributed by atoms with E-state index >= 15 is 0 Å². The Kier molecular flexibility index (Phi) is 8.24. The van der Waals surface area contributed by atoms with Gasteiger partial charge in [0, 0.05) is 38.5 Å². The van der Waals surface area contributed by atoms with Crippen molar-refractivity contribution < 1.29 is 26.7 Å². The van der Waals surface area contributed by atoms with E-state index in [2.05, 4.69) is 0 Å². The van der Waals surface area contributed by atoms with Crippen LogP contribution in [0.1, 0.15) is 24.8 Å². The average molecular weight is 529 g/mol. The Balaban J connectivity index is 1.60. The minimum atomic E-state index is -4.48. The van der Waals surface area contributed by atoms with Crippen molar-refractivity contribution in [1.29, 1.82) is 0 Å². The number of amides is 1. The topological polar surface area (TPSA) is 66.9 Å². The molecule has 1 heterocycles. The Bertz CT molecular complexity index is 1300. The first-order valence-electron chi connectivity index (χ1n) is 12.1. The number of halogens is 2. The van der Waals surface area contributed by atoms with Crippen molar-refractivity contribution >= 4 is 15.9 Å². The zero-order chi connectivity index (χ0) is 26.5. The zero-order valence-corrected chi connectivity index (χ0v) is 21.5. The summed E-state index contributed by atoms with van der Waals surface area (Å²) in [6.45, 7) is 0.476. The predicted molar refractivity (Wildman–Crippen MR) is 136 cm³/mol. The summed E-state index contributed by atoms with van der Waals surface area (Å²) in [6, 6.07) is 21.6. The Labute approximate surface area is 216 Å². The van der Waals surface area contributed by atoms with Crippen LogP contribution in [0.2, 0.25) is 0 Å². The Morgan fingerprint density at radius 3 is 2.24 bits per heavy atom. The second-order valence-electron chi connectivity index (χ2n) is 9.51. The van der Waals surface area contributed by atoms with Crippen LogP contribution >= 0.6 is 0 Å². The Morgan fingerprint density at radius 2 is 1.59 bits per heavy atom. The van der Waals surface area contributed by atoms with Gasteiger partial charge in [-0.1, -0.05) is 54.6 Å². The van der Waals surface area contributed by atoms with Gasteiger partial charge in [-0.05, 0) is 42.7 Å². The lowest BCUT2D eigenvalue weighted by molar-refractivity contribution is -0.134. The molecule has 6 nitrogen and oxygen atoms in total. The summed E-state index contributed by atoms with van der Waals surface area (Å²) >= 11 is 0. The van der Waals surface area contributed by atoms with Crippen LogP contribution in [0, 0.1) is 17.0 Å². The van der Waals surface area contributed by atoms with Crippen molar-refractivity contribution in [2.24, 2.45) is 5.41 Å². The van der Waals surface area contributed by atoms with Crippen LogP contribution in [0.15, 0.2) is 83.8 Å². The highest BCUT2D eigenvalue weighted by molar-refractivity contribution is 7.89. The molecule has 37 heavy (non-hydrogen) atoms. The molecule has 0 aliphatic carbocycles. The number of benzene rings is 3. The molecule has 0 saturated carbocycles. The van der Waals surface area contributed by atoms with Gasteiger partial charge in [0.2, 0.25) is 15.9 Å². The van der Waals surface area contributed by atoms with Crippen LogP contribution in [0.5, 0.6) is 5.75 Å². The first-order valence-corrected chi connectivity index (χ1v) is 13.5. The van der Waals surface area contributed by atoms with E-state index in [9.17, 15) is 22.0 Å². The van der Waals surface area contributed by atoms with Crippen LogP contribution in [0.4, 0.5) is 8.78 Å². The molecule has 0 spiro atoms. The van der Waals surface area contributed by atoms with E-state index in [-0.39, 0.29) is 32.0 Å². The fourth-order valence-electron chi connectivity index (χ4n) is 4.69. The molecule has 1 aliphatic heterocycles. The third-order valence-corrected chi connectivity index (χ3v) is 8.54. The number of piperidine rings is 1. The van der Waals surface area contributed by atoms with E-state index in [4.69, 9.17) is 4.74 Å². The molecule has 1 atom stereocenters. The van der Waals surface area contributed by atoms with Gasteiger partial charge in [-0.3, -0.25) is 4.79 Å². The summed E-state index contributed by atoms with van der Waals surface area (Å²) in [4.78, 5) is 14.0. The predicted octanol–water partition coefficient (Wildman–Crippen LogP) is 4.86. The van der Waals surface area contributed by atoms with Crippen molar-refractivity contribution in [3.63, 3.8) is 0 Å². The normalized spacial score (nSPS) is 18.4. The molecule has 3 aromatic rings. The molecule has 1 saturated heterocycles. The van der Waals surface area contributed by atoms with Crippen molar-refractivity contribution in [2.75, 3.05) is 26.7 Å². The second kappa shape index (κ2) is 11.4. The zero-order valence-electron chi connectivity index (χ0n) is 20.6. The maximum absolute atomic E-state index is 14.5. The molecule has 1 fully saturated rings. The van der Waals surface area contributed by atoms with Crippen molar-refractivity contribution in [3.05, 3.63) is 96.1 Å². The Morgan fingerprint density at radius 1 is 0.973 bits per heavy atom. The highest BCUT2D eigenvalue weighted by atomic mass is 32.2. The quantitative estimate of drug-likeness (QED) is 0.398. The van der Waals surface area contributed by atoms with Crippen LogP contribution < -0.4 is 4.74 Å². The Hall–Kier alpha value is -3.30. The fraction of sp³-hybridized carbons (Fsp3) is 0.321. The number of ether oxygens (including phenoxy) is 1. The molecule has 0 radical (unpaired) electrons. The molecule has 0 aromatic heterocycles. The van der Waals surface area contributed by atoms with E-state index < -0.39 is 32.0 Å². The molecule has 0 N–H and O–H groups in total. The summed E-state index contributed by atoms with van der Waals surface area (Å²) in [5, 5.41) is 0. The standard InChI is InChI=1S/C28H30F2N2O4S/c1-31(19-22-10-4-2-5-11-22)26(33)18-28(21-36-23-12-6-3-7-13-23)16-9-17-32(20-28)37(34,35)27-24(29)14-8-15-25(27)30/h2-8,10-15H,9,16-21H2,1H3. The van der Waals surface area contributed by atoms with Gasteiger partial charge in [0.1, 0.15) is 17.4 Å². The molecule has 1 unspecified atom stereocenters. The number of hydrogen-bond acceptors (Lipinski definition) is 4. The molecule has 0 bridgehead atoms. The maximum Gasteiger partial charge on any atom is 0.248 e. The molecular formula is C28H30F2N2O4S. The first kappa shape index (κ1) is 26.8. The molecule has 4 rings (SSSR count). The number of sulfonamides is 1. The van der Waals surface area contributed by atoms with Gasteiger partial charge in [-0.15, -0.1) is 0 Å². The molecule has 1 aliphatic rings. The van der Waals surface area contributed by atoms with Gasteiger partial charge >= 0.3 is 0 Å². The lowest BCUT2D eigenvalue weighted by Gasteiger charge is -2.42. The van der Waals surface area contributed by atoms with Crippen LogP contribution in [-0.2, 0) is 21.4 Å². The summed E-state index contributed by atoms with van der Waals surface area (Å²) < 4.78 is 62.7. The highest BCUT2D eigenvalue weighted by Gasteiger charge is 2.44. The SMILES string of the molecule is CN(Cc1ccccc1)C(=O)CC1(COc2ccccc2)CCCN(S(=O)(=O)c2c(F)cccc2F)C1. The lowest BCUT2D eigenvalue weighted by Crippen LogP contribution is -2.50. The monoisotopic (exact) mass is 528 g/mol. The second-order valence-corrected chi connectivity index (χ2v) is 11.4. The van der Waals surface area contributed by atoms with E-state index in [0.717, 1.165) is 28.1 Å². The van der Waals surface area contributed by atoms with Gasteiger partial charge < -0.3 is 9.64 Å². The van der Waals surface area contributed by atoms with Gasteiger partial charge in [0.25, 0.3) is 0 Å². The largest absolute Gasteiger partial charge is 0.493 e. The van der Waals surface area contributed by atoms with Gasteiger partial charge in [-0.25, -0.2) is 17.2 Å². The minimum Gasteiger partial charge on any atom is -0.493 e.